The average molecular weight is 401 g/mol. The second kappa shape index (κ2) is 12.6. The number of aliphatic imine (C=N–C) groups is 1. The van der Waals surface area contributed by atoms with Crippen molar-refractivity contribution in [2.75, 3.05) is 25.4 Å². The third kappa shape index (κ3) is 8.75. The van der Waals surface area contributed by atoms with Gasteiger partial charge in [-0.05, 0) is 17.7 Å². The summed E-state index contributed by atoms with van der Waals surface area (Å²) in [4.78, 5) is 14.4. The fraction of sp³-hybridized carbons (Fsp3) is 0.350. The second-order valence-corrected chi connectivity index (χ2v) is 6.99. The summed E-state index contributed by atoms with van der Waals surface area (Å²) in [6.07, 6.45) is 5.15. The van der Waals surface area contributed by atoms with Gasteiger partial charge < -0.3 is 15.1 Å². The Morgan fingerprint density at radius 1 is 1.21 bits per heavy atom. The molecule has 0 aliphatic rings. The number of benzene rings is 1. The van der Waals surface area contributed by atoms with Gasteiger partial charge in [-0.2, -0.15) is 11.8 Å². The summed E-state index contributed by atoms with van der Waals surface area (Å²) in [6.45, 7) is 1.84. The molecule has 0 radical (unpaired) electrons. The molecule has 1 aromatic heterocycles. The molecular formula is C20H24N4O3S. The molecule has 0 atom stereocenters. The van der Waals surface area contributed by atoms with Crippen LogP contribution in [0.2, 0.25) is 0 Å². The second-order valence-electron chi connectivity index (χ2n) is 5.89. The van der Waals surface area contributed by atoms with Crippen molar-refractivity contribution in [3.8, 4) is 12.3 Å². The maximum atomic E-state index is 10.6. The van der Waals surface area contributed by atoms with Gasteiger partial charge in [0.15, 0.2) is 5.84 Å². The van der Waals surface area contributed by atoms with Crippen molar-refractivity contribution in [1.29, 1.82) is 0 Å². The number of terminal acetylenes is 1. The number of amidine groups is 1. The van der Waals surface area contributed by atoms with Crippen molar-refractivity contribution in [1.82, 2.24) is 10.6 Å². The molecule has 0 aliphatic carbocycles. The highest BCUT2D eigenvalue weighted by Gasteiger charge is 2.06. The monoisotopic (exact) mass is 400 g/mol. The van der Waals surface area contributed by atoms with Crippen LogP contribution in [0, 0.1) is 22.5 Å². The molecule has 0 amide bonds. The molecule has 0 bridgehead atoms. The first-order chi connectivity index (χ1) is 13.7. The normalized spacial score (nSPS) is 11.2. The summed E-state index contributed by atoms with van der Waals surface area (Å²) < 4.78 is 5.81. The molecule has 0 saturated heterocycles. The summed E-state index contributed by atoms with van der Waals surface area (Å²) in [7, 11) is 0. The van der Waals surface area contributed by atoms with E-state index in [9.17, 15) is 10.1 Å². The van der Waals surface area contributed by atoms with Gasteiger partial charge in [0.05, 0.1) is 25.4 Å². The molecule has 148 valence electrons. The standard InChI is InChI=1S/C20H24N4O3S/c1-2-10-22-20(15-24(25)26)23-11-12-28-16-19-9-8-18(27-19)14-21-13-17-6-4-3-5-7-17/h1,3-9,21H,10-16H2,(H,22,23). The van der Waals surface area contributed by atoms with E-state index in [1.165, 1.54) is 5.56 Å². The quantitative estimate of drug-likeness (QED) is 0.142. The zero-order valence-corrected chi connectivity index (χ0v) is 16.4. The number of rotatable bonds is 12. The Balaban J connectivity index is 1.65. The zero-order valence-electron chi connectivity index (χ0n) is 15.6. The molecule has 1 aromatic carbocycles. The summed E-state index contributed by atoms with van der Waals surface area (Å²) in [6, 6.07) is 14.2. The predicted molar refractivity (Wildman–Crippen MR) is 113 cm³/mol. The van der Waals surface area contributed by atoms with E-state index >= 15 is 0 Å². The van der Waals surface area contributed by atoms with E-state index in [1.54, 1.807) is 11.8 Å². The summed E-state index contributed by atoms with van der Waals surface area (Å²) >= 11 is 1.67. The van der Waals surface area contributed by atoms with Gasteiger partial charge in [0.1, 0.15) is 11.5 Å². The zero-order chi connectivity index (χ0) is 20.0. The van der Waals surface area contributed by atoms with Crippen LogP contribution in [0.4, 0.5) is 0 Å². The molecule has 0 fully saturated rings. The number of hydrogen-bond donors (Lipinski definition) is 2. The predicted octanol–water partition coefficient (Wildman–Crippen LogP) is 2.70. The van der Waals surface area contributed by atoms with E-state index in [2.05, 4.69) is 33.7 Å². The third-order valence-electron chi connectivity index (χ3n) is 3.64. The molecule has 2 rings (SSSR count). The maximum absolute atomic E-state index is 10.6. The minimum atomic E-state index is -0.425. The van der Waals surface area contributed by atoms with Gasteiger partial charge in [-0.1, -0.05) is 36.3 Å². The van der Waals surface area contributed by atoms with Gasteiger partial charge >= 0.3 is 0 Å². The largest absolute Gasteiger partial charge is 0.464 e. The SMILES string of the molecule is C#CCNC(C[N+](=O)[O-])=NCCSCc1ccc(CNCc2ccccc2)o1. The summed E-state index contributed by atoms with van der Waals surface area (Å²) in [5.41, 5.74) is 1.23. The van der Waals surface area contributed by atoms with Crippen molar-refractivity contribution in [2.24, 2.45) is 4.99 Å². The van der Waals surface area contributed by atoms with Gasteiger partial charge in [0.2, 0.25) is 0 Å². The van der Waals surface area contributed by atoms with Crippen molar-refractivity contribution >= 4 is 17.6 Å². The van der Waals surface area contributed by atoms with Crippen LogP contribution in [0.25, 0.3) is 0 Å². The van der Waals surface area contributed by atoms with Crippen LogP contribution in [-0.2, 0) is 18.8 Å². The molecule has 0 unspecified atom stereocenters. The lowest BCUT2D eigenvalue weighted by Gasteiger charge is -2.04. The Bertz CT molecular complexity index is 799. The Labute approximate surface area is 169 Å². The van der Waals surface area contributed by atoms with E-state index in [0.29, 0.717) is 18.9 Å². The molecule has 28 heavy (non-hydrogen) atoms. The lowest BCUT2D eigenvalue weighted by atomic mass is 10.2. The number of nitrogens with zero attached hydrogens (tertiary/aromatic N) is 2. The molecule has 2 aromatic rings. The molecule has 7 nitrogen and oxygen atoms in total. The number of thioether (sulfide) groups is 1. The van der Waals surface area contributed by atoms with Crippen LogP contribution in [0.1, 0.15) is 17.1 Å². The molecule has 2 N–H and O–H groups in total. The van der Waals surface area contributed by atoms with Gasteiger partial charge in [-0.15, -0.1) is 6.42 Å². The molecular weight excluding hydrogens is 376 g/mol. The van der Waals surface area contributed by atoms with Gasteiger partial charge in [0.25, 0.3) is 6.54 Å². The number of nitro groups is 1. The fourth-order valence-corrected chi connectivity index (χ4v) is 3.10. The van der Waals surface area contributed by atoms with Gasteiger partial charge in [0, 0.05) is 17.2 Å². The van der Waals surface area contributed by atoms with Crippen LogP contribution in [-0.4, -0.2) is 36.1 Å². The van der Waals surface area contributed by atoms with E-state index in [1.807, 2.05) is 30.3 Å². The van der Waals surface area contributed by atoms with Crippen molar-refractivity contribution in [3.05, 3.63) is 69.7 Å². The van der Waals surface area contributed by atoms with Crippen LogP contribution in [0.3, 0.4) is 0 Å². The highest BCUT2D eigenvalue weighted by Crippen LogP contribution is 2.15. The lowest BCUT2D eigenvalue weighted by Crippen LogP contribution is -2.31. The van der Waals surface area contributed by atoms with Crippen LogP contribution in [0.15, 0.2) is 51.9 Å². The van der Waals surface area contributed by atoms with E-state index in [4.69, 9.17) is 10.8 Å². The Hall–Kier alpha value is -2.76. The lowest BCUT2D eigenvalue weighted by molar-refractivity contribution is -0.463. The highest BCUT2D eigenvalue weighted by atomic mass is 32.2. The maximum Gasteiger partial charge on any atom is 0.259 e. The molecule has 0 aliphatic heterocycles. The highest BCUT2D eigenvalue weighted by molar-refractivity contribution is 7.98. The first kappa shape index (κ1) is 21.5. The molecule has 8 heteroatoms. The van der Waals surface area contributed by atoms with Gasteiger partial charge in [-0.25, -0.2) is 0 Å². The minimum Gasteiger partial charge on any atom is -0.464 e. The molecule has 0 saturated carbocycles. The number of furan rings is 1. The first-order valence-electron chi connectivity index (χ1n) is 8.90. The molecule has 0 spiro atoms. The van der Waals surface area contributed by atoms with Gasteiger partial charge in [-0.3, -0.25) is 15.1 Å². The topological polar surface area (TPSA) is 92.7 Å². The number of hydrogen-bond acceptors (Lipinski definition) is 6. The summed E-state index contributed by atoms with van der Waals surface area (Å²) in [5.74, 6) is 5.97. The van der Waals surface area contributed by atoms with E-state index in [-0.39, 0.29) is 13.1 Å². The van der Waals surface area contributed by atoms with Crippen LogP contribution >= 0.6 is 11.8 Å². The smallest absolute Gasteiger partial charge is 0.259 e. The molecule has 1 heterocycles. The Morgan fingerprint density at radius 2 is 2.00 bits per heavy atom. The summed E-state index contributed by atoms with van der Waals surface area (Å²) in [5, 5.41) is 16.8. The third-order valence-corrected chi connectivity index (χ3v) is 4.60. The van der Waals surface area contributed by atoms with E-state index < -0.39 is 4.92 Å². The van der Waals surface area contributed by atoms with Crippen molar-refractivity contribution in [2.45, 2.75) is 18.8 Å². The average Bonchev–Trinajstić information content (AvgIpc) is 3.13. The van der Waals surface area contributed by atoms with Crippen molar-refractivity contribution < 1.29 is 9.34 Å². The van der Waals surface area contributed by atoms with Crippen molar-refractivity contribution in [3.63, 3.8) is 0 Å². The van der Waals surface area contributed by atoms with E-state index in [0.717, 1.165) is 29.6 Å². The van der Waals surface area contributed by atoms with Crippen LogP contribution < -0.4 is 10.6 Å². The van der Waals surface area contributed by atoms with Crippen LogP contribution in [0.5, 0.6) is 0 Å². The number of nitrogens with one attached hydrogen (secondary N) is 2. The Morgan fingerprint density at radius 3 is 2.75 bits per heavy atom. The fourth-order valence-electron chi connectivity index (χ4n) is 2.38. The Kier molecular flexibility index (Phi) is 9.69. The minimum absolute atomic E-state index is 0.229. The first-order valence-corrected chi connectivity index (χ1v) is 10.0.